The molecule has 2 aromatic heterocycles. The van der Waals surface area contributed by atoms with Gasteiger partial charge in [-0.2, -0.15) is 0 Å². The summed E-state index contributed by atoms with van der Waals surface area (Å²) in [6.45, 7) is 1.49. The Hall–Kier alpha value is -2.99. The van der Waals surface area contributed by atoms with Crippen molar-refractivity contribution >= 4 is 28.3 Å². The van der Waals surface area contributed by atoms with Crippen LogP contribution in [0.2, 0.25) is 0 Å². The first-order chi connectivity index (χ1) is 13.3. The molecule has 1 amide bonds. The van der Waals surface area contributed by atoms with Gasteiger partial charge in [-0.15, -0.1) is 16.4 Å². The van der Waals surface area contributed by atoms with Crippen molar-refractivity contribution < 1.29 is 4.79 Å². The van der Waals surface area contributed by atoms with E-state index < -0.39 is 0 Å². The summed E-state index contributed by atoms with van der Waals surface area (Å²) >= 11 is 1.67. The molecule has 6 heteroatoms. The largest absolute Gasteiger partial charge is 0.336 e. The molecule has 2 aromatic carbocycles. The van der Waals surface area contributed by atoms with E-state index in [1.807, 2.05) is 58.8 Å². The number of nitrogens with zero attached hydrogens (tertiary/aromatic N) is 4. The van der Waals surface area contributed by atoms with Gasteiger partial charge < -0.3 is 4.90 Å². The predicted octanol–water partition coefficient (Wildman–Crippen LogP) is 3.76. The summed E-state index contributed by atoms with van der Waals surface area (Å²) in [6, 6.07) is 22.1. The summed E-state index contributed by atoms with van der Waals surface area (Å²) < 4.78 is 1.68. The summed E-state index contributed by atoms with van der Waals surface area (Å²) in [7, 11) is 0. The van der Waals surface area contributed by atoms with Gasteiger partial charge in [0.2, 0.25) is 5.91 Å². The second-order valence-electron chi connectivity index (χ2n) is 6.37. The van der Waals surface area contributed by atoms with Gasteiger partial charge in [-0.05, 0) is 35.6 Å². The van der Waals surface area contributed by atoms with Gasteiger partial charge in [-0.25, -0.2) is 4.68 Å². The number of amides is 1. The van der Waals surface area contributed by atoms with Crippen LogP contribution in [0.5, 0.6) is 0 Å². The van der Waals surface area contributed by atoms with Gasteiger partial charge in [-0.1, -0.05) is 53.7 Å². The van der Waals surface area contributed by atoms with Crippen molar-refractivity contribution in [1.29, 1.82) is 0 Å². The third-order valence-electron chi connectivity index (χ3n) is 4.50. The highest BCUT2D eigenvalue weighted by Gasteiger charge is 2.17. The van der Waals surface area contributed by atoms with Crippen LogP contribution < -0.4 is 0 Å². The van der Waals surface area contributed by atoms with Crippen LogP contribution in [0.3, 0.4) is 0 Å². The average Bonchev–Trinajstić information content (AvgIpc) is 3.36. The van der Waals surface area contributed by atoms with Gasteiger partial charge in [-0.3, -0.25) is 4.79 Å². The van der Waals surface area contributed by atoms with Crippen LogP contribution in [-0.4, -0.2) is 32.3 Å². The van der Waals surface area contributed by atoms with E-state index in [0.29, 0.717) is 13.1 Å². The van der Waals surface area contributed by atoms with Crippen molar-refractivity contribution in [2.24, 2.45) is 0 Å². The fraction of sp³-hybridized carbons (Fsp3) is 0.190. The minimum atomic E-state index is 0.0509. The van der Waals surface area contributed by atoms with E-state index in [2.05, 4.69) is 28.5 Å². The number of benzene rings is 2. The SMILES string of the molecule is O=C(Cn1nnc2ccccc21)N(CCc1ccccc1)Cc1cccs1. The van der Waals surface area contributed by atoms with E-state index in [1.165, 1.54) is 10.4 Å². The molecule has 0 aliphatic rings. The molecule has 0 bridgehead atoms. The molecule has 0 saturated heterocycles. The molecule has 0 radical (unpaired) electrons. The van der Waals surface area contributed by atoms with Crippen molar-refractivity contribution in [2.75, 3.05) is 6.54 Å². The van der Waals surface area contributed by atoms with E-state index >= 15 is 0 Å². The number of thiophene rings is 1. The molecule has 4 aromatic rings. The van der Waals surface area contributed by atoms with Gasteiger partial charge >= 0.3 is 0 Å². The highest BCUT2D eigenvalue weighted by Crippen LogP contribution is 2.15. The van der Waals surface area contributed by atoms with Crippen LogP contribution in [0.4, 0.5) is 0 Å². The van der Waals surface area contributed by atoms with Crippen LogP contribution in [0.25, 0.3) is 11.0 Å². The van der Waals surface area contributed by atoms with Crippen LogP contribution in [0.1, 0.15) is 10.4 Å². The zero-order valence-corrected chi connectivity index (χ0v) is 15.7. The van der Waals surface area contributed by atoms with E-state index in [0.717, 1.165) is 17.5 Å². The number of aromatic nitrogens is 3. The molecule has 0 fully saturated rings. The molecule has 136 valence electrons. The van der Waals surface area contributed by atoms with Crippen molar-refractivity contribution in [3.63, 3.8) is 0 Å². The van der Waals surface area contributed by atoms with Crippen molar-refractivity contribution in [3.8, 4) is 0 Å². The lowest BCUT2D eigenvalue weighted by Gasteiger charge is -2.22. The molecular formula is C21H20N4OS. The molecule has 0 unspecified atom stereocenters. The maximum atomic E-state index is 13.0. The standard InChI is InChI=1S/C21H20N4OS/c26-21(16-25-20-11-5-4-10-19(20)22-23-25)24(15-18-9-6-14-27-18)13-12-17-7-2-1-3-8-17/h1-11,14H,12-13,15-16H2. The molecule has 0 saturated carbocycles. The van der Waals surface area contributed by atoms with Gasteiger partial charge in [0.25, 0.3) is 0 Å². The summed E-state index contributed by atoms with van der Waals surface area (Å²) in [5.41, 5.74) is 2.91. The molecule has 27 heavy (non-hydrogen) atoms. The second kappa shape index (κ2) is 8.14. The predicted molar refractivity (Wildman–Crippen MR) is 107 cm³/mol. The van der Waals surface area contributed by atoms with Crippen molar-refractivity contribution in [3.05, 3.63) is 82.6 Å². The number of carbonyl (C=O) groups is 1. The van der Waals surface area contributed by atoms with E-state index in [1.54, 1.807) is 16.0 Å². The monoisotopic (exact) mass is 376 g/mol. The highest BCUT2D eigenvalue weighted by molar-refractivity contribution is 7.09. The Balaban J connectivity index is 1.50. The first kappa shape index (κ1) is 17.4. The number of hydrogen-bond acceptors (Lipinski definition) is 4. The number of hydrogen-bond donors (Lipinski definition) is 0. The normalized spacial score (nSPS) is 11.0. The summed E-state index contributed by atoms with van der Waals surface area (Å²) in [6.07, 6.45) is 0.829. The van der Waals surface area contributed by atoms with E-state index in [9.17, 15) is 4.79 Å². The summed E-state index contributed by atoms with van der Waals surface area (Å²) in [4.78, 5) is 16.1. The maximum Gasteiger partial charge on any atom is 0.244 e. The van der Waals surface area contributed by atoms with Gasteiger partial charge in [0.15, 0.2) is 0 Å². The third kappa shape index (κ3) is 4.23. The first-order valence-electron chi connectivity index (χ1n) is 8.92. The van der Waals surface area contributed by atoms with E-state index in [4.69, 9.17) is 0 Å². The zero-order valence-electron chi connectivity index (χ0n) is 14.9. The van der Waals surface area contributed by atoms with E-state index in [-0.39, 0.29) is 12.5 Å². The fourth-order valence-electron chi connectivity index (χ4n) is 3.05. The molecule has 0 spiro atoms. The van der Waals surface area contributed by atoms with Crippen molar-refractivity contribution in [1.82, 2.24) is 19.9 Å². The molecule has 0 N–H and O–H groups in total. The molecular weight excluding hydrogens is 356 g/mol. The maximum absolute atomic E-state index is 13.0. The van der Waals surface area contributed by atoms with Crippen LogP contribution in [-0.2, 0) is 24.3 Å². The topological polar surface area (TPSA) is 51.0 Å². The Bertz CT molecular complexity index is 1010. The Morgan fingerprint density at radius 2 is 1.81 bits per heavy atom. The van der Waals surface area contributed by atoms with Crippen LogP contribution >= 0.6 is 11.3 Å². The molecule has 0 aliphatic heterocycles. The van der Waals surface area contributed by atoms with Crippen LogP contribution in [0, 0.1) is 0 Å². The lowest BCUT2D eigenvalue weighted by atomic mass is 10.1. The zero-order chi connectivity index (χ0) is 18.5. The summed E-state index contributed by atoms with van der Waals surface area (Å²) in [5, 5.41) is 10.3. The number of fused-ring (bicyclic) bond motifs is 1. The van der Waals surface area contributed by atoms with Gasteiger partial charge in [0.05, 0.1) is 12.1 Å². The Morgan fingerprint density at radius 3 is 2.63 bits per heavy atom. The molecule has 0 atom stereocenters. The fourth-order valence-corrected chi connectivity index (χ4v) is 3.77. The Morgan fingerprint density at radius 1 is 1.00 bits per heavy atom. The van der Waals surface area contributed by atoms with Crippen molar-refractivity contribution in [2.45, 2.75) is 19.5 Å². The highest BCUT2D eigenvalue weighted by atomic mass is 32.1. The number of carbonyl (C=O) groups excluding carboxylic acids is 1. The second-order valence-corrected chi connectivity index (χ2v) is 7.40. The lowest BCUT2D eigenvalue weighted by Crippen LogP contribution is -2.35. The van der Waals surface area contributed by atoms with Gasteiger partial charge in [0.1, 0.15) is 12.1 Å². The molecule has 0 aliphatic carbocycles. The summed E-state index contributed by atoms with van der Waals surface area (Å²) in [5.74, 6) is 0.0509. The number of rotatable bonds is 7. The molecule has 5 nitrogen and oxygen atoms in total. The molecule has 2 heterocycles. The minimum Gasteiger partial charge on any atom is -0.336 e. The minimum absolute atomic E-state index is 0.0509. The quantitative estimate of drug-likeness (QED) is 0.493. The Labute approximate surface area is 161 Å². The smallest absolute Gasteiger partial charge is 0.244 e. The third-order valence-corrected chi connectivity index (χ3v) is 5.36. The first-order valence-corrected chi connectivity index (χ1v) is 9.80. The van der Waals surface area contributed by atoms with Crippen LogP contribution in [0.15, 0.2) is 72.1 Å². The average molecular weight is 376 g/mol. The molecule has 4 rings (SSSR count). The lowest BCUT2D eigenvalue weighted by molar-refractivity contribution is -0.132. The number of para-hydroxylation sites is 1. The Kier molecular flexibility index (Phi) is 5.25. The van der Waals surface area contributed by atoms with Gasteiger partial charge in [0, 0.05) is 11.4 Å².